The van der Waals surface area contributed by atoms with Crippen LogP contribution in [0.25, 0.3) is 0 Å². The van der Waals surface area contributed by atoms with Gasteiger partial charge in [0.2, 0.25) is 0 Å². The first-order valence-corrected chi connectivity index (χ1v) is 6.38. The Labute approximate surface area is 118 Å². The van der Waals surface area contributed by atoms with Gasteiger partial charge in [0, 0.05) is 25.9 Å². The summed E-state index contributed by atoms with van der Waals surface area (Å²) in [6, 6.07) is 4.37. The number of carbonyl (C=O) groups excluding carboxylic acids is 1. The lowest BCUT2D eigenvalue weighted by atomic mass is 10.1. The minimum atomic E-state index is -1.02. The van der Waals surface area contributed by atoms with Crippen molar-refractivity contribution in [3.63, 3.8) is 0 Å². The van der Waals surface area contributed by atoms with Gasteiger partial charge in [-0.1, -0.05) is 6.07 Å². The molecule has 2 amide bonds. The van der Waals surface area contributed by atoms with Crippen LogP contribution in [0, 0.1) is 6.92 Å². The van der Waals surface area contributed by atoms with E-state index in [1.54, 1.807) is 18.1 Å². The lowest BCUT2D eigenvalue weighted by molar-refractivity contribution is 0.0697. The molecule has 1 aromatic carbocycles. The van der Waals surface area contributed by atoms with E-state index >= 15 is 0 Å². The van der Waals surface area contributed by atoms with Crippen LogP contribution in [0.3, 0.4) is 0 Å². The van der Waals surface area contributed by atoms with Gasteiger partial charge in [-0.05, 0) is 31.5 Å². The molecule has 0 aliphatic carbocycles. The second-order valence-electron chi connectivity index (χ2n) is 4.34. The second-order valence-corrected chi connectivity index (χ2v) is 4.34. The van der Waals surface area contributed by atoms with Crippen molar-refractivity contribution in [3.05, 3.63) is 29.3 Å². The molecule has 6 heteroatoms. The molecular weight excluding hydrogens is 260 g/mol. The Balaban J connectivity index is 2.83. The highest BCUT2D eigenvalue weighted by atomic mass is 16.5. The Bertz CT molecular complexity index is 488. The van der Waals surface area contributed by atoms with E-state index in [1.165, 1.54) is 12.1 Å². The maximum absolute atomic E-state index is 12.1. The van der Waals surface area contributed by atoms with E-state index in [4.69, 9.17) is 9.84 Å². The first-order valence-electron chi connectivity index (χ1n) is 6.38. The molecule has 0 heterocycles. The van der Waals surface area contributed by atoms with E-state index in [9.17, 15) is 9.59 Å². The summed E-state index contributed by atoms with van der Waals surface area (Å²) in [6.45, 7) is 5.17. The molecule has 0 saturated heterocycles. The zero-order valence-electron chi connectivity index (χ0n) is 12.0. The summed E-state index contributed by atoms with van der Waals surface area (Å²) < 4.78 is 4.95. The van der Waals surface area contributed by atoms with Crippen molar-refractivity contribution in [1.82, 2.24) is 4.90 Å². The van der Waals surface area contributed by atoms with Crippen LogP contribution < -0.4 is 5.32 Å². The molecular formula is C14H20N2O4. The minimum Gasteiger partial charge on any atom is -0.478 e. The molecule has 0 aromatic heterocycles. The maximum Gasteiger partial charge on any atom is 0.335 e. The van der Waals surface area contributed by atoms with Gasteiger partial charge >= 0.3 is 12.0 Å². The number of carboxylic acid groups (broad SMARTS) is 1. The largest absolute Gasteiger partial charge is 0.478 e. The van der Waals surface area contributed by atoms with Crippen LogP contribution in [0.4, 0.5) is 10.5 Å². The zero-order chi connectivity index (χ0) is 15.1. The van der Waals surface area contributed by atoms with Crippen molar-refractivity contribution in [3.8, 4) is 0 Å². The van der Waals surface area contributed by atoms with Gasteiger partial charge < -0.3 is 20.1 Å². The highest BCUT2D eigenvalue weighted by Crippen LogP contribution is 2.17. The molecule has 0 bridgehead atoms. The Kier molecular flexibility index (Phi) is 5.99. The van der Waals surface area contributed by atoms with E-state index in [1.807, 2.05) is 13.8 Å². The third-order valence-corrected chi connectivity index (χ3v) is 2.96. The van der Waals surface area contributed by atoms with Crippen molar-refractivity contribution in [2.24, 2.45) is 0 Å². The van der Waals surface area contributed by atoms with E-state index in [-0.39, 0.29) is 11.6 Å². The quantitative estimate of drug-likeness (QED) is 0.837. The van der Waals surface area contributed by atoms with Gasteiger partial charge in [0.25, 0.3) is 0 Å². The summed E-state index contributed by atoms with van der Waals surface area (Å²) >= 11 is 0. The molecule has 0 aliphatic rings. The van der Waals surface area contributed by atoms with Crippen molar-refractivity contribution in [2.45, 2.75) is 13.8 Å². The molecule has 2 N–H and O–H groups in total. The van der Waals surface area contributed by atoms with E-state index in [0.717, 1.165) is 5.56 Å². The molecule has 0 fully saturated rings. The number of rotatable bonds is 6. The van der Waals surface area contributed by atoms with Gasteiger partial charge in [-0.15, -0.1) is 0 Å². The van der Waals surface area contributed by atoms with Crippen molar-refractivity contribution in [2.75, 3.05) is 32.1 Å². The number of carboxylic acids is 1. The number of amides is 2. The number of anilines is 1. The number of nitrogens with one attached hydrogen (secondary N) is 1. The molecule has 0 atom stereocenters. The number of aryl methyl sites for hydroxylation is 1. The number of likely N-dealkylation sites (N-methyl/N-ethyl adjacent to an activating group) is 1. The van der Waals surface area contributed by atoms with Gasteiger partial charge in [-0.2, -0.15) is 0 Å². The van der Waals surface area contributed by atoms with Crippen molar-refractivity contribution < 1.29 is 19.4 Å². The van der Waals surface area contributed by atoms with Gasteiger partial charge in [-0.25, -0.2) is 9.59 Å². The highest BCUT2D eigenvalue weighted by molar-refractivity contribution is 5.94. The predicted molar refractivity (Wildman–Crippen MR) is 76.3 cm³/mol. The smallest absolute Gasteiger partial charge is 0.335 e. The third-order valence-electron chi connectivity index (χ3n) is 2.96. The van der Waals surface area contributed by atoms with Gasteiger partial charge in [-0.3, -0.25) is 0 Å². The van der Waals surface area contributed by atoms with Gasteiger partial charge in [0.05, 0.1) is 12.2 Å². The van der Waals surface area contributed by atoms with Gasteiger partial charge in [0.15, 0.2) is 0 Å². The highest BCUT2D eigenvalue weighted by Gasteiger charge is 2.13. The SMILES string of the molecule is CCN(CCOC)C(=O)Nc1cc(C(=O)O)ccc1C. The van der Waals surface area contributed by atoms with Crippen LogP contribution >= 0.6 is 0 Å². The van der Waals surface area contributed by atoms with Gasteiger partial charge in [0.1, 0.15) is 0 Å². The summed E-state index contributed by atoms with van der Waals surface area (Å²) in [4.78, 5) is 24.6. The first-order chi connectivity index (χ1) is 9.49. The van der Waals surface area contributed by atoms with E-state index in [0.29, 0.717) is 25.4 Å². The lowest BCUT2D eigenvalue weighted by Gasteiger charge is -2.21. The monoisotopic (exact) mass is 280 g/mol. The fourth-order valence-electron chi connectivity index (χ4n) is 1.69. The molecule has 0 aliphatic heterocycles. The summed E-state index contributed by atoms with van der Waals surface area (Å²) in [6.07, 6.45) is 0. The molecule has 0 saturated carbocycles. The number of aromatic carboxylic acids is 1. The van der Waals surface area contributed by atoms with Crippen LogP contribution in [-0.4, -0.2) is 48.8 Å². The summed E-state index contributed by atoms with van der Waals surface area (Å²) in [5.41, 5.74) is 1.46. The van der Waals surface area contributed by atoms with E-state index < -0.39 is 5.97 Å². The Morgan fingerprint density at radius 1 is 1.40 bits per heavy atom. The Hall–Kier alpha value is -2.08. The normalized spacial score (nSPS) is 10.2. The fraction of sp³-hybridized carbons (Fsp3) is 0.429. The summed E-state index contributed by atoms with van der Waals surface area (Å²) in [5.74, 6) is -1.02. The van der Waals surface area contributed by atoms with Crippen molar-refractivity contribution >= 4 is 17.7 Å². The Morgan fingerprint density at radius 2 is 2.10 bits per heavy atom. The standard InChI is InChI=1S/C14H20N2O4/c1-4-16(7-8-20-3)14(19)15-12-9-11(13(17)18)6-5-10(12)2/h5-6,9H,4,7-8H2,1-3H3,(H,15,19)(H,17,18). The average Bonchev–Trinajstić information content (AvgIpc) is 2.41. The van der Waals surface area contributed by atoms with Crippen LogP contribution in [0.5, 0.6) is 0 Å². The molecule has 1 aromatic rings. The number of carbonyl (C=O) groups is 2. The molecule has 1 rings (SSSR count). The number of ether oxygens (including phenoxy) is 1. The number of hydrogen-bond acceptors (Lipinski definition) is 3. The summed E-state index contributed by atoms with van der Waals surface area (Å²) in [7, 11) is 1.58. The number of nitrogens with zero attached hydrogens (tertiary/aromatic N) is 1. The van der Waals surface area contributed by atoms with E-state index in [2.05, 4.69) is 5.32 Å². The lowest BCUT2D eigenvalue weighted by Crippen LogP contribution is -2.37. The zero-order valence-corrected chi connectivity index (χ0v) is 12.0. The maximum atomic E-state index is 12.1. The fourth-order valence-corrected chi connectivity index (χ4v) is 1.69. The minimum absolute atomic E-state index is 0.144. The average molecular weight is 280 g/mol. The number of hydrogen-bond donors (Lipinski definition) is 2. The second kappa shape index (κ2) is 7.49. The van der Waals surface area contributed by atoms with Crippen molar-refractivity contribution in [1.29, 1.82) is 0 Å². The molecule has 0 unspecified atom stereocenters. The van der Waals surface area contributed by atoms with Crippen LogP contribution in [0.2, 0.25) is 0 Å². The number of urea groups is 1. The van der Waals surface area contributed by atoms with Crippen LogP contribution in [0.15, 0.2) is 18.2 Å². The van der Waals surface area contributed by atoms with Crippen LogP contribution in [-0.2, 0) is 4.74 Å². The summed E-state index contributed by atoms with van der Waals surface area (Å²) in [5, 5.41) is 11.7. The third kappa shape index (κ3) is 4.24. The topological polar surface area (TPSA) is 78.9 Å². The Morgan fingerprint density at radius 3 is 2.65 bits per heavy atom. The molecule has 6 nitrogen and oxygen atoms in total. The molecule has 110 valence electrons. The molecule has 0 spiro atoms. The predicted octanol–water partition coefficient (Wildman–Crippen LogP) is 2.19. The molecule has 20 heavy (non-hydrogen) atoms. The molecule has 0 radical (unpaired) electrons. The number of methoxy groups -OCH3 is 1. The van der Waals surface area contributed by atoms with Crippen LogP contribution in [0.1, 0.15) is 22.8 Å². The number of benzene rings is 1. The first kappa shape index (κ1) is 16.0.